The zero-order chi connectivity index (χ0) is 16.3. The van der Waals surface area contributed by atoms with E-state index in [0.717, 1.165) is 44.3 Å². The van der Waals surface area contributed by atoms with E-state index in [-0.39, 0.29) is 0 Å². The van der Waals surface area contributed by atoms with Gasteiger partial charge in [-0.25, -0.2) is 4.98 Å². The first-order valence-electron chi connectivity index (χ1n) is 7.92. The fourth-order valence-electron chi connectivity index (χ4n) is 2.11. The van der Waals surface area contributed by atoms with Crippen molar-refractivity contribution >= 4 is 23.1 Å². The third-order valence-corrected chi connectivity index (χ3v) is 4.32. The number of nitrogens with one attached hydrogen (secondary N) is 3. The molecule has 6 heteroatoms. The molecule has 2 heterocycles. The van der Waals surface area contributed by atoms with Gasteiger partial charge in [0, 0.05) is 36.1 Å². The first-order chi connectivity index (χ1) is 11.3. The number of aryl methyl sites for hydroxylation is 1. The van der Waals surface area contributed by atoms with Crippen molar-refractivity contribution < 1.29 is 0 Å². The summed E-state index contributed by atoms with van der Waals surface area (Å²) in [5, 5.41) is 10.00. The molecule has 0 aliphatic rings. The Hall–Kier alpha value is -2.08. The van der Waals surface area contributed by atoms with Crippen molar-refractivity contribution in [3.05, 3.63) is 46.3 Å². The highest BCUT2D eigenvalue weighted by molar-refractivity contribution is 7.11. The van der Waals surface area contributed by atoms with E-state index < -0.39 is 0 Å². The van der Waals surface area contributed by atoms with Crippen LogP contribution in [0.4, 0.5) is 5.82 Å². The van der Waals surface area contributed by atoms with Crippen LogP contribution in [-0.2, 0) is 6.54 Å². The number of hydrogen-bond acceptors (Lipinski definition) is 4. The summed E-state index contributed by atoms with van der Waals surface area (Å²) in [7, 11) is 1.80. The Balaban J connectivity index is 1.55. The first kappa shape index (κ1) is 17.3. The van der Waals surface area contributed by atoms with Gasteiger partial charge in [0.15, 0.2) is 5.96 Å². The van der Waals surface area contributed by atoms with Crippen LogP contribution in [0.5, 0.6) is 0 Å². The number of unbranched alkanes of at least 4 members (excludes halogenated alkanes) is 1. The third kappa shape index (κ3) is 6.69. The Morgan fingerprint density at radius 1 is 1.13 bits per heavy atom. The molecule has 3 N–H and O–H groups in total. The topological polar surface area (TPSA) is 61.3 Å². The molecule has 0 fully saturated rings. The largest absolute Gasteiger partial charge is 0.370 e. The van der Waals surface area contributed by atoms with E-state index in [9.17, 15) is 0 Å². The van der Waals surface area contributed by atoms with Crippen LogP contribution >= 0.6 is 11.3 Å². The molecule has 0 saturated heterocycles. The Bertz CT molecular complexity index is 594. The van der Waals surface area contributed by atoms with Gasteiger partial charge in [-0.2, -0.15) is 0 Å². The highest BCUT2D eigenvalue weighted by atomic mass is 32.1. The summed E-state index contributed by atoms with van der Waals surface area (Å²) in [4.78, 5) is 11.1. The van der Waals surface area contributed by atoms with Crippen LogP contribution in [-0.4, -0.2) is 31.1 Å². The van der Waals surface area contributed by atoms with Gasteiger partial charge in [-0.3, -0.25) is 4.99 Å². The number of aromatic nitrogens is 1. The van der Waals surface area contributed by atoms with Crippen LogP contribution in [0.15, 0.2) is 41.5 Å². The molecular weight excluding hydrogens is 306 g/mol. The van der Waals surface area contributed by atoms with Crippen LogP contribution in [0.3, 0.4) is 0 Å². The van der Waals surface area contributed by atoms with Crippen LogP contribution in [0.25, 0.3) is 0 Å². The Morgan fingerprint density at radius 2 is 2.00 bits per heavy atom. The standard InChI is InChI=1S/C17H25N5S/c1-14-8-9-15(23-14)13-22-17(18-2)21-12-6-5-11-20-16-7-3-4-10-19-16/h3-4,7-10H,5-6,11-13H2,1-2H3,(H,19,20)(H2,18,21,22). The summed E-state index contributed by atoms with van der Waals surface area (Å²) in [6.07, 6.45) is 3.97. The molecular formula is C17H25N5S. The molecule has 0 saturated carbocycles. The average Bonchev–Trinajstić information content (AvgIpc) is 3.00. The second-order valence-corrected chi connectivity index (χ2v) is 6.59. The van der Waals surface area contributed by atoms with Gasteiger partial charge in [0.25, 0.3) is 0 Å². The van der Waals surface area contributed by atoms with Gasteiger partial charge in [-0.05, 0) is 44.0 Å². The van der Waals surface area contributed by atoms with Gasteiger partial charge < -0.3 is 16.0 Å². The summed E-state index contributed by atoms with van der Waals surface area (Å²) >= 11 is 1.81. The molecule has 0 aliphatic heterocycles. The summed E-state index contributed by atoms with van der Waals surface area (Å²) < 4.78 is 0. The highest BCUT2D eigenvalue weighted by Gasteiger charge is 2.00. The number of rotatable bonds is 8. The monoisotopic (exact) mass is 331 g/mol. The molecule has 2 rings (SSSR count). The van der Waals surface area contributed by atoms with Crippen molar-refractivity contribution in [1.82, 2.24) is 15.6 Å². The summed E-state index contributed by atoms with van der Waals surface area (Å²) in [5.41, 5.74) is 0. The van der Waals surface area contributed by atoms with E-state index in [1.54, 1.807) is 13.2 Å². The number of nitrogens with zero attached hydrogens (tertiary/aromatic N) is 2. The fourth-order valence-corrected chi connectivity index (χ4v) is 2.94. The molecule has 0 radical (unpaired) electrons. The number of thiophene rings is 1. The van der Waals surface area contributed by atoms with Crippen LogP contribution in [0, 0.1) is 6.92 Å². The zero-order valence-corrected chi connectivity index (χ0v) is 14.6. The fraction of sp³-hybridized carbons (Fsp3) is 0.412. The molecule has 0 unspecified atom stereocenters. The number of aliphatic imine (C=N–C) groups is 1. The first-order valence-corrected chi connectivity index (χ1v) is 8.74. The molecule has 124 valence electrons. The molecule has 0 spiro atoms. The maximum Gasteiger partial charge on any atom is 0.191 e. The third-order valence-electron chi connectivity index (χ3n) is 3.32. The van der Waals surface area contributed by atoms with Crippen LogP contribution in [0.2, 0.25) is 0 Å². The predicted octanol–water partition coefficient (Wildman–Crippen LogP) is 3.01. The lowest BCUT2D eigenvalue weighted by Gasteiger charge is -2.11. The molecule has 0 atom stereocenters. The zero-order valence-electron chi connectivity index (χ0n) is 13.8. The maximum atomic E-state index is 4.25. The van der Waals surface area contributed by atoms with Crippen molar-refractivity contribution in [3.8, 4) is 0 Å². The minimum Gasteiger partial charge on any atom is -0.370 e. The smallest absolute Gasteiger partial charge is 0.191 e. The molecule has 0 aromatic carbocycles. The lowest BCUT2D eigenvalue weighted by Crippen LogP contribution is -2.37. The maximum absolute atomic E-state index is 4.25. The predicted molar refractivity (Wildman–Crippen MR) is 99.2 cm³/mol. The lowest BCUT2D eigenvalue weighted by atomic mass is 10.3. The van der Waals surface area contributed by atoms with E-state index in [2.05, 4.69) is 45.0 Å². The average molecular weight is 331 g/mol. The van der Waals surface area contributed by atoms with Crippen molar-refractivity contribution in [2.45, 2.75) is 26.3 Å². The summed E-state index contributed by atoms with van der Waals surface area (Å²) in [5.74, 6) is 1.79. The number of guanidine groups is 1. The number of anilines is 1. The van der Waals surface area contributed by atoms with E-state index in [0.29, 0.717) is 0 Å². The van der Waals surface area contributed by atoms with Gasteiger partial charge in [0.1, 0.15) is 5.82 Å². The minimum absolute atomic E-state index is 0.819. The Labute approximate surface area is 142 Å². The normalized spacial score (nSPS) is 11.3. The van der Waals surface area contributed by atoms with E-state index in [1.165, 1.54) is 9.75 Å². The minimum atomic E-state index is 0.819. The second-order valence-electron chi connectivity index (χ2n) is 5.21. The molecule has 2 aromatic heterocycles. The number of hydrogen-bond donors (Lipinski definition) is 3. The molecule has 5 nitrogen and oxygen atoms in total. The molecule has 23 heavy (non-hydrogen) atoms. The quantitative estimate of drug-likeness (QED) is 0.395. The van der Waals surface area contributed by atoms with Crippen molar-refractivity contribution in [2.24, 2.45) is 4.99 Å². The van der Waals surface area contributed by atoms with E-state index in [1.807, 2.05) is 29.5 Å². The molecule has 0 aliphatic carbocycles. The highest BCUT2D eigenvalue weighted by Crippen LogP contribution is 2.14. The lowest BCUT2D eigenvalue weighted by molar-refractivity contribution is 0.712. The molecule has 2 aromatic rings. The SMILES string of the molecule is CN=C(NCCCCNc1ccccn1)NCc1ccc(C)s1. The van der Waals surface area contributed by atoms with Crippen molar-refractivity contribution in [1.29, 1.82) is 0 Å². The second kappa shape index (κ2) is 9.84. The van der Waals surface area contributed by atoms with Crippen LogP contribution in [0.1, 0.15) is 22.6 Å². The van der Waals surface area contributed by atoms with Gasteiger partial charge in [-0.1, -0.05) is 6.07 Å². The van der Waals surface area contributed by atoms with E-state index >= 15 is 0 Å². The van der Waals surface area contributed by atoms with Gasteiger partial charge in [0.05, 0.1) is 6.54 Å². The summed E-state index contributed by atoms with van der Waals surface area (Å²) in [6.45, 7) is 4.78. The van der Waals surface area contributed by atoms with Crippen LogP contribution < -0.4 is 16.0 Å². The number of pyridine rings is 1. The Kier molecular flexibility index (Phi) is 7.39. The molecule has 0 amide bonds. The molecule has 0 bridgehead atoms. The van der Waals surface area contributed by atoms with Gasteiger partial charge in [-0.15, -0.1) is 11.3 Å². The van der Waals surface area contributed by atoms with Crippen molar-refractivity contribution in [2.75, 3.05) is 25.5 Å². The van der Waals surface area contributed by atoms with E-state index in [4.69, 9.17) is 0 Å². The Morgan fingerprint density at radius 3 is 2.70 bits per heavy atom. The van der Waals surface area contributed by atoms with Gasteiger partial charge in [0.2, 0.25) is 0 Å². The summed E-state index contributed by atoms with van der Waals surface area (Å²) in [6, 6.07) is 10.2. The van der Waals surface area contributed by atoms with Gasteiger partial charge >= 0.3 is 0 Å². The van der Waals surface area contributed by atoms with Crippen molar-refractivity contribution in [3.63, 3.8) is 0 Å².